The lowest BCUT2D eigenvalue weighted by molar-refractivity contribution is -0.143. The first kappa shape index (κ1) is 21.4. The number of carbonyl (C=O) groups is 3. The van der Waals surface area contributed by atoms with Crippen molar-refractivity contribution in [2.45, 2.75) is 51.7 Å². The molecule has 0 saturated heterocycles. The van der Waals surface area contributed by atoms with Gasteiger partial charge in [0.05, 0.1) is 6.04 Å². The first-order valence-corrected chi connectivity index (χ1v) is 8.52. The van der Waals surface area contributed by atoms with E-state index in [9.17, 15) is 24.6 Å². The SMILES string of the molecule is CC[C@H](C)[C@H](NC(=O)[C@H](C)NC(=O)[C@@H](N)Cc1ccc(O)cc1)C(=O)O. The molecule has 1 rings (SSSR count). The number of phenols is 1. The van der Waals surface area contributed by atoms with Crippen LogP contribution < -0.4 is 16.4 Å². The van der Waals surface area contributed by atoms with Crippen LogP contribution in [-0.2, 0) is 20.8 Å². The van der Waals surface area contributed by atoms with Crippen molar-refractivity contribution in [1.29, 1.82) is 0 Å². The van der Waals surface area contributed by atoms with Gasteiger partial charge in [-0.15, -0.1) is 0 Å². The fourth-order valence-corrected chi connectivity index (χ4v) is 2.33. The van der Waals surface area contributed by atoms with Gasteiger partial charge in [0.15, 0.2) is 0 Å². The van der Waals surface area contributed by atoms with Crippen LogP contribution in [0, 0.1) is 5.92 Å². The van der Waals surface area contributed by atoms with E-state index in [4.69, 9.17) is 5.73 Å². The molecular formula is C18H27N3O5. The maximum atomic E-state index is 12.2. The zero-order valence-corrected chi connectivity index (χ0v) is 15.2. The minimum atomic E-state index is -1.12. The average molecular weight is 365 g/mol. The van der Waals surface area contributed by atoms with Gasteiger partial charge in [-0.1, -0.05) is 32.4 Å². The molecule has 0 unspecified atom stereocenters. The Morgan fingerprint density at radius 1 is 1.08 bits per heavy atom. The normalized spacial score (nSPS) is 15.4. The summed E-state index contributed by atoms with van der Waals surface area (Å²) in [7, 11) is 0. The van der Waals surface area contributed by atoms with Crippen molar-refractivity contribution in [2.75, 3.05) is 0 Å². The smallest absolute Gasteiger partial charge is 0.326 e. The fourth-order valence-electron chi connectivity index (χ4n) is 2.33. The van der Waals surface area contributed by atoms with Crippen LogP contribution in [0.15, 0.2) is 24.3 Å². The predicted molar refractivity (Wildman–Crippen MR) is 96.4 cm³/mol. The van der Waals surface area contributed by atoms with Crippen LogP contribution in [-0.4, -0.2) is 46.1 Å². The monoisotopic (exact) mass is 365 g/mol. The first-order valence-electron chi connectivity index (χ1n) is 8.52. The summed E-state index contributed by atoms with van der Waals surface area (Å²) in [6, 6.07) is 3.50. The number of phenolic OH excluding ortho intramolecular Hbond substituents is 1. The van der Waals surface area contributed by atoms with Gasteiger partial charge in [-0.05, 0) is 37.0 Å². The van der Waals surface area contributed by atoms with E-state index in [-0.39, 0.29) is 18.1 Å². The van der Waals surface area contributed by atoms with Crippen molar-refractivity contribution < 1.29 is 24.6 Å². The molecule has 6 N–H and O–H groups in total. The highest BCUT2D eigenvalue weighted by Gasteiger charge is 2.28. The number of nitrogens with one attached hydrogen (secondary N) is 2. The molecule has 26 heavy (non-hydrogen) atoms. The zero-order valence-electron chi connectivity index (χ0n) is 15.2. The van der Waals surface area contributed by atoms with Gasteiger partial charge < -0.3 is 26.6 Å². The van der Waals surface area contributed by atoms with Crippen molar-refractivity contribution in [2.24, 2.45) is 11.7 Å². The molecule has 0 heterocycles. The number of amides is 2. The van der Waals surface area contributed by atoms with Crippen molar-refractivity contribution in [3.05, 3.63) is 29.8 Å². The van der Waals surface area contributed by atoms with E-state index in [1.54, 1.807) is 19.1 Å². The summed E-state index contributed by atoms with van der Waals surface area (Å²) in [5, 5.41) is 23.4. The first-order chi connectivity index (χ1) is 12.1. The molecule has 0 spiro atoms. The highest BCUT2D eigenvalue weighted by atomic mass is 16.4. The zero-order chi connectivity index (χ0) is 19.9. The average Bonchev–Trinajstić information content (AvgIpc) is 2.60. The summed E-state index contributed by atoms with van der Waals surface area (Å²) in [5.41, 5.74) is 6.62. The molecule has 1 aromatic rings. The number of hydrogen-bond donors (Lipinski definition) is 5. The Bertz CT molecular complexity index is 632. The third-order valence-electron chi connectivity index (χ3n) is 4.26. The molecule has 2 amide bonds. The Labute approximate surface area is 152 Å². The molecule has 0 saturated carbocycles. The van der Waals surface area contributed by atoms with Crippen molar-refractivity contribution >= 4 is 17.8 Å². The van der Waals surface area contributed by atoms with Gasteiger partial charge in [0, 0.05) is 0 Å². The molecule has 0 aliphatic rings. The number of aromatic hydroxyl groups is 1. The molecule has 8 heteroatoms. The molecule has 1 aromatic carbocycles. The maximum absolute atomic E-state index is 12.2. The van der Waals surface area contributed by atoms with Gasteiger partial charge in [-0.3, -0.25) is 9.59 Å². The molecule has 0 bridgehead atoms. The van der Waals surface area contributed by atoms with Gasteiger partial charge in [0.1, 0.15) is 17.8 Å². The molecule has 0 fully saturated rings. The Morgan fingerprint density at radius 3 is 2.15 bits per heavy atom. The Balaban J connectivity index is 2.59. The van der Waals surface area contributed by atoms with E-state index in [0.29, 0.717) is 6.42 Å². The number of hydrogen-bond acceptors (Lipinski definition) is 5. The molecular weight excluding hydrogens is 338 g/mol. The Morgan fingerprint density at radius 2 is 1.65 bits per heavy atom. The molecule has 0 aliphatic heterocycles. The third-order valence-corrected chi connectivity index (χ3v) is 4.26. The van der Waals surface area contributed by atoms with Crippen molar-refractivity contribution in [3.8, 4) is 5.75 Å². The van der Waals surface area contributed by atoms with Crippen LogP contribution >= 0.6 is 0 Å². The van der Waals surface area contributed by atoms with Gasteiger partial charge >= 0.3 is 5.97 Å². The lowest BCUT2D eigenvalue weighted by Gasteiger charge is -2.23. The van der Waals surface area contributed by atoms with E-state index in [1.807, 2.05) is 6.92 Å². The topological polar surface area (TPSA) is 142 Å². The van der Waals surface area contributed by atoms with Crippen LogP contribution in [0.1, 0.15) is 32.8 Å². The Kier molecular flexibility index (Phi) is 8.05. The number of rotatable bonds is 9. The van der Waals surface area contributed by atoms with E-state index >= 15 is 0 Å². The van der Waals surface area contributed by atoms with Crippen LogP contribution in [0.2, 0.25) is 0 Å². The molecule has 8 nitrogen and oxygen atoms in total. The minimum Gasteiger partial charge on any atom is -0.508 e. The summed E-state index contributed by atoms with van der Waals surface area (Å²) in [5.74, 6) is -2.34. The summed E-state index contributed by atoms with van der Waals surface area (Å²) < 4.78 is 0. The molecule has 4 atom stereocenters. The van der Waals surface area contributed by atoms with Gasteiger partial charge in [0.2, 0.25) is 11.8 Å². The summed E-state index contributed by atoms with van der Waals surface area (Å²) in [6.07, 6.45) is 0.834. The summed E-state index contributed by atoms with van der Waals surface area (Å²) >= 11 is 0. The number of carboxylic acid groups (broad SMARTS) is 1. The second-order valence-electron chi connectivity index (χ2n) is 6.42. The number of carbonyl (C=O) groups excluding carboxylic acids is 2. The van der Waals surface area contributed by atoms with Gasteiger partial charge in [-0.25, -0.2) is 4.79 Å². The number of benzene rings is 1. The largest absolute Gasteiger partial charge is 0.508 e. The van der Waals surface area contributed by atoms with Crippen LogP contribution in [0.5, 0.6) is 5.75 Å². The second-order valence-corrected chi connectivity index (χ2v) is 6.42. The Hall–Kier alpha value is -2.61. The van der Waals surface area contributed by atoms with Crippen molar-refractivity contribution in [3.63, 3.8) is 0 Å². The van der Waals surface area contributed by atoms with Crippen molar-refractivity contribution in [1.82, 2.24) is 10.6 Å². The predicted octanol–water partition coefficient (Wildman–Crippen LogP) is 0.382. The summed E-state index contributed by atoms with van der Waals surface area (Å²) in [4.78, 5) is 35.6. The molecule has 144 valence electrons. The molecule has 0 aromatic heterocycles. The van der Waals surface area contributed by atoms with E-state index in [1.165, 1.54) is 19.1 Å². The van der Waals surface area contributed by atoms with Gasteiger partial charge in [-0.2, -0.15) is 0 Å². The quantitative estimate of drug-likeness (QED) is 0.428. The maximum Gasteiger partial charge on any atom is 0.326 e. The van der Waals surface area contributed by atoms with Crippen LogP contribution in [0.4, 0.5) is 0 Å². The van der Waals surface area contributed by atoms with Crippen LogP contribution in [0.3, 0.4) is 0 Å². The van der Waals surface area contributed by atoms with E-state index in [0.717, 1.165) is 5.56 Å². The van der Waals surface area contributed by atoms with Gasteiger partial charge in [0.25, 0.3) is 0 Å². The number of aliphatic carboxylic acids is 1. The van der Waals surface area contributed by atoms with E-state index < -0.39 is 35.9 Å². The number of nitrogens with two attached hydrogens (primary N) is 1. The molecule has 0 radical (unpaired) electrons. The lowest BCUT2D eigenvalue weighted by Crippen LogP contribution is -2.54. The second kappa shape index (κ2) is 9.76. The summed E-state index contributed by atoms with van der Waals surface area (Å²) in [6.45, 7) is 5.03. The minimum absolute atomic E-state index is 0.117. The number of carboxylic acids is 1. The van der Waals surface area contributed by atoms with Crippen LogP contribution in [0.25, 0.3) is 0 Å². The molecule has 0 aliphatic carbocycles. The highest BCUT2D eigenvalue weighted by molar-refractivity contribution is 5.91. The highest BCUT2D eigenvalue weighted by Crippen LogP contribution is 2.11. The standard InChI is InChI=1S/C18H27N3O5/c1-4-10(2)15(18(25)26)21-16(23)11(3)20-17(24)14(19)9-12-5-7-13(22)8-6-12/h5-8,10-11,14-15,22H,4,9,19H2,1-3H3,(H,20,24)(H,21,23)(H,25,26)/t10-,11-,14-,15-/m0/s1. The third kappa shape index (κ3) is 6.36. The fraction of sp³-hybridized carbons (Fsp3) is 0.500. The lowest BCUT2D eigenvalue weighted by atomic mass is 9.99. The van der Waals surface area contributed by atoms with E-state index in [2.05, 4.69) is 10.6 Å².